The Hall–Kier alpha value is -3.16. The normalized spacial score (nSPS) is 10.4. The van der Waals surface area contributed by atoms with E-state index in [-0.39, 0.29) is 16.5 Å². The molecule has 1 aromatic heterocycles. The Balaban J connectivity index is 1.85. The van der Waals surface area contributed by atoms with Gasteiger partial charge in [0, 0.05) is 17.1 Å². The largest absolute Gasteiger partial charge is 0.465 e. The van der Waals surface area contributed by atoms with Gasteiger partial charge in [0.15, 0.2) is 0 Å². The summed E-state index contributed by atoms with van der Waals surface area (Å²) in [4.78, 5) is 38.0. The van der Waals surface area contributed by atoms with Gasteiger partial charge in [-0.25, -0.2) is 4.79 Å². The Morgan fingerprint density at radius 3 is 2.30 bits per heavy atom. The highest BCUT2D eigenvalue weighted by Gasteiger charge is 2.26. The lowest BCUT2D eigenvalue weighted by Crippen LogP contribution is -2.22. The molecular formula is C22H19ClN2O4S. The zero-order chi connectivity index (χ0) is 21.7. The molecule has 2 N–H and O–H groups in total. The number of carbonyl (C=O) groups is 3. The van der Waals surface area contributed by atoms with Crippen molar-refractivity contribution >= 4 is 45.7 Å². The van der Waals surface area contributed by atoms with Crippen molar-refractivity contribution in [2.24, 2.45) is 0 Å². The minimum absolute atomic E-state index is 0.162. The standard InChI is InChI=1S/C22H19ClN2O4S/c1-13-17(22(28)29-2)21(25-19(26)15-8-10-16(23)11-9-15)30-18(13)20(27)24-12-14-6-4-3-5-7-14/h3-11H,12H2,1-2H3,(H,24,27)(H,25,26). The quantitative estimate of drug-likeness (QED) is 0.543. The zero-order valence-corrected chi connectivity index (χ0v) is 17.9. The number of methoxy groups -OCH3 is 1. The van der Waals surface area contributed by atoms with Crippen LogP contribution in [0.25, 0.3) is 0 Å². The molecule has 0 spiro atoms. The molecule has 1 heterocycles. The van der Waals surface area contributed by atoms with Gasteiger partial charge in [0.25, 0.3) is 11.8 Å². The number of carbonyl (C=O) groups excluding carboxylic acids is 3. The summed E-state index contributed by atoms with van der Waals surface area (Å²) in [6, 6.07) is 15.8. The van der Waals surface area contributed by atoms with E-state index in [0.29, 0.717) is 27.6 Å². The molecule has 0 radical (unpaired) electrons. The number of rotatable bonds is 6. The third-order valence-electron chi connectivity index (χ3n) is 4.37. The molecule has 3 aromatic rings. The highest BCUT2D eigenvalue weighted by Crippen LogP contribution is 2.34. The summed E-state index contributed by atoms with van der Waals surface area (Å²) in [5.41, 5.74) is 1.93. The molecule has 0 aliphatic carbocycles. The maximum Gasteiger partial charge on any atom is 0.341 e. The molecule has 8 heteroatoms. The fourth-order valence-corrected chi connectivity index (χ4v) is 4.03. The van der Waals surface area contributed by atoms with Crippen molar-refractivity contribution in [2.45, 2.75) is 13.5 Å². The van der Waals surface area contributed by atoms with Crippen molar-refractivity contribution in [2.75, 3.05) is 12.4 Å². The SMILES string of the molecule is COC(=O)c1c(NC(=O)c2ccc(Cl)cc2)sc(C(=O)NCc2ccccc2)c1C. The summed E-state index contributed by atoms with van der Waals surface area (Å²) in [5, 5.41) is 6.30. The number of halogens is 1. The first-order valence-electron chi connectivity index (χ1n) is 9.01. The smallest absolute Gasteiger partial charge is 0.341 e. The minimum atomic E-state index is -0.628. The van der Waals surface area contributed by atoms with Crippen LogP contribution in [0.1, 0.15) is 41.5 Å². The number of anilines is 1. The van der Waals surface area contributed by atoms with E-state index in [1.807, 2.05) is 30.3 Å². The van der Waals surface area contributed by atoms with Crippen LogP contribution in [0.5, 0.6) is 0 Å². The molecule has 2 amide bonds. The van der Waals surface area contributed by atoms with E-state index in [4.69, 9.17) is 16.3 Å². The third-order valence-corrected chi connectivity index (χ3v) is 5.83. The number of amides is 2. The maximum absolute atomic E-state index is 12.7. The predicted molar refractivity (Wildman–Crippen MR) is 117 cm³/mol. The summed E-state index contributed by atoms with van der Waals surface area (Å²) in [6.45, 7) is 2.00. The summed E-state index contributed by atoms with van der Waals surface area (Å²) < 4.78 is 4.85. The average Bonchev–Trinajstić information content (AvgIpc) is 3.08. The Morgan fingerprint density at radius 2 is 1.67 bits per heavy atom. The Bertz CT molecular complexity index is 1080. The number of hydrogen-bond donors (Lipinski definition) is 2. The third kappa shape index (κ3) is 4.87. The molecule has 0 bridgehead atoms. The number of esters is 1. The van der Waals surface area contributed by atoms with Crippen molar-refractivity contribution in [3.8, 4) is 0 Å². The number of nitrogens with one attached hydrogen (secondary N) is 2. The van der Waals surface area contributed by atoms with E-state index >= 15 is 0 Å². The van der Waals surface area contributed by atoms with Gasteiger partial charge in [-0.3, -0.25) is 9.59 Å². The van der Waals surface area contributed by atoms with Crippen LogP contribution in [0.3, 0.4) is 0 Å². The minimum Gasteiger partial charge on any atom is -0.465 e. The van der Waals surface area contributed by atoms with Crippen molar-refractivity contribution in [1.82, 2.24) is 5.32 Å². The molecule has 30 heavy (non-hydrogen) atoms. The zero-order valence-electron chi connectivity index (χ0n) is 16.3. The number of benzene rings is 2. The predicted octanol–water partition coefficient (Wildman–Crippen LogP) is 4.68. The first-order valence-corrected chi connectivity index (χ1v) is 10.2. The Morgan fingerprint density at radius 1 is 1.00 bits per heavy atom. The van der Waals surface area contributed by atoms with E-state index < -0.39 is 11.9 Å². The van der Waals surface area contributed by atoms with Crippen LogP contribution in [-0.2, 0) is 11.3 Å². The molecule has 6 nitrogen and oxygen atoms in total. The summed E-state index contributed by atoms with van der Waals surface area (Å²) in [7, 11) is 1.25. The van der Waals surface area contributed by atoms with Gasteiger partial charge in [-0.2, -0.15) is 0 Å². The lowest BCUT2D eigenvalue weighted by Gasteiger charge is -2.06. The van der Waals surface area contributed by atoms with Crippen LogP contribution in [0, 0.1) is 6.92 Å². The van der Waals surface area contributed by atoms with Gasteiger partial charge < -0.3 is 15.4 Å². The van der Waals surface area contributed by atoms with Crippen LogP contribution >= 0.6 is 22.9 Å². The molecule has 0 saturated carbocycles. The van der Waals surface area contributed by atoms with E-state index in [1.54, 1.807) is 31.2 Å². The van der Waals surface area contributed by atoms with E-state index in [0.717, 1.165) is 16.9 Å². The monoisotopic (exact) mass is 442 g/mol. The lowest BCUT2D eigenvalue weighted by molar-refractivity contribution is 0.0601. The highest BCUT2D eigenvalue weighted by atomic mass is 35.5. The second-order valence-corrected chi connectivity index (χ2v) is 7.84. The Labute approximate surface area is 182 Å². The number of hydrogen-bond acceptors (Lipinski definition) is 5. The van der Waals surface area contributed by atoms with Crippen LogP contribution < -0.4 is 10.6 Å². The van der Waals surface area contributed by atoms with E-state index in [2.05, 4.69) is 10.6 Å². The maximum atomic E-state index is 12.7. The fraction of sp³-hybridized carbons (Fsp3) is 0.136. The molecule has 0 atom stereocenters. The first-order chi connectivity index (χ1) is 14.4. The topological polar surface area (TPSA) is 84.5 Å². The van der Waals surface area contributed by atoms with Crippen LogP contribution in [0.2, 0.25) is 5.02 Å². The molecule has 2 aromatic carbocycles. The van der Waals surface area contributed by atoms with Crippen molar-refractivity contribution in [3.63, 3.8) is 0 Å². The van der Waals surface area contributed by atoms with Crippen molar-refractivity contribution in [1.29, 1.82) is 0 Å². The molecule has 0 unspecified atom stereocenters. The lowest BCUT2D eigenvalue weighted by atomic mass is 10.1. The van der Waals surface area contributed by atoms with Gasteiger partial charge in [0.2, 0.25) is 0 Å². The number of ether oxygens (including phenoxy) is 1. The van der Waals surface area contributed by atoms with Crippen molar-refractivity contribution < 1.29 is 19.1 Å². The highest BCUT2D eigenvalue weighted by molar-refractivity contribution is 7.18. The van der Waals surface area contributed by atoms with Gasteiger partial charge in [-0.15, -0.1) is 11.3 Å². The van der Waals surface area contributed by atoms with Gasteiger partial charge in [0.1, 0.15) is 5.00 Å². The molecule has 0 fully saturated rings. The summed E-state index contributed by atoms with van der Waals surface area (Å²) in [5.74, 6) is -1.38. The molecule has 0 saturated heterocycles. The summed E-state index contributed by atoms with van der Waals surface area (Å²) >= 11 is 6.89. The number of thiophene rings is 1. The second-order valence-electron chi connectivity index (χ2n) is 6.38. The Kier molecular flexibility index (Phi) is 6.87. The fourth-order valence-electron chi connectivity index (χ4n) is 2.80. The molecule has 3 rings (SSSR count). The van der Waals surface area contributed by atoms with Gasteiger partial charge in [-0.1, -0.05) is 41.9 Å². The molecular weight excluding hydrogens is 424 g/mol. The molecule has 0 aliphatic heterocycles. The van der Waals surface area contributed by atoms with Crippen LogP contribution in [0.15, 0.2) is 54.6 Å². The van der Waals surface area contributed by atoms with E-state index in [1.165, 1.54) is 7.11 Å². The second kappa shape index (κ2) is 9.56. The van der Waals surface area contributed by atoms with Crippen LogP contribution in [-0.4, -0.2) is 24.9 Å². The molecule has 0 aliphatic rings. The summed E-state index contributed by atoms with van der Waals surface area (Å²) in [6.07, 6.45) is 0. The van der Waals surface area contributed by atoms with Gasteiger partial charge in [-0.05, 0) is 42.3 Å². The van der Waals surface area contributed by atoms with Crippen molar-refractivity contribution in [3.05, 3.63) is 86.8 Å². The average molecular weight is 443 g/mol. The van der Waals surface area contributed by atoms with Gasteiger partial charge >= 0.3 is 5.97 Å². The first kappa shape index (κ1) is 21.5. The molecule has 154 valence electrons. The van der Waals surface area contributed by atoms with E-state index in [9.17, 15) is 14.4 Å². The van der Waals surface area contributed by atoms with Crippen LogP contribution in [0.4, 0.5) is 5.00 Å². The van der Waals surface area contributed by atoms with Gasteiger partial charge in [0.05, 0.1) is 17.6 Å².